The first-order valence-electron chi connectivity index (χ1n) is 9.73. The lowest BCUT2D eigenvalue weighted by Gasteiger charge is -2.18. The maximum atomic E-state index is 12.7. The molecule has 156 valence electrons. The fourth-order valence-corrected chi connectivity index (χ4v) is 4.37. The van der Waals surface area contributed by atoms with Gasteiger partial charge in [-0.1, -0.05) is 32.9 Å². The Hall–Kier alpha value is -2.29. The predicted octanol–water partition coefficient (Wildman–Crippen LogP) is 2.14. The van der Waals surface area contributed by atoms with Gasteiger partial charge < -0.3 is 15.7 Å². The molecule has 2 heterocycles. The molecule has 3 rings (SSSR count). The third-order valence-electron chi connectivity index (χ3n) is 5.25. The van der Waals surface area contributed by atoms with Gasteiger partial charge in [0.1, 0.15) is 0 Å². The average Bonchev–Trinajstić information content (AvgIpc) is 3.15. The fraction of sp³-hybridized carbons (Fsp3) is 0.429. The van der Waals surface area contributed by atoms with E-state index in [1.807, 2.05) is 6.07 Å². The van der Waals surface area contributed by atoms with E-state index in [9.17, 15) is 18.3 Å². The number of sulfone groups is 1. The van der Waals surface area contributed by atoms with Crippen LogP contribution in [0.25, 0.3) is 0 Å². The van der Waals surface area contributed by atoms with Crippen molar-refractivity contribution >= 4 is 15.7 Å². The number of hydrogen-bond acceptors (Lipinski definition) is 6. The highest BCUT2D eigenvalue weighted by Gasteiger charge is 2.27. The third kappa shape index (κ3) is 4.49. The van der Waals surface area contributed by atoms with Crippen LogP contribution in [-0.4, -0.2) is 36.8 Å². The van der Waals surface area contributed by atoms with Crippen LogP contribution >= 0.6 is 0 Å². The zero-order valence-electron chi connectivity index (χ0n) is 16.8. The van der Waals surface area contributed by atoms with E-state index in [0.29, 0.717) is 23.6 Å². The molecule has 7 nitrogen and oxygen atoms in total. The van der Waals surface area contributed by atoms with Crippen molar-refractivity contribution in [2.45, 2.75) is 44.3 Å². The van der Waals surface area contributed by atoms with Gasteiger partial charge in [0.25, 0.3) is 5.91 Å². The second-order valence-electron chi connectivity index (χ2n) is 7.55. The Labute approximate surface area is 171 Å². The molecule has 0 radical (unpaired) electrons. The number of nitrogens with one attached hydrogen (secondary N) is 2. The molecule has 1 aromatic carbocycles. The summed E-state index contributed by atoms with van der Waals surface area (Å²) in [6.07, 6.45) is 1.56. The van der Waals surface area contributed by atoms with Gasteiger partial charge in [-0.05, 0) is 35.2 Å². The maximum Gasteiger partial charge on any atom is 0.253 e. The van der Waals surface area contributed by atoms with Crippen LogP contribution < -0.4 is 10.6 Å². The van der Waals surface area contributed by atoms with E-state index in [0.717, 1.165) is 11.3 Å². The standard InChI is InChI=1S/C21H27N3O4S/c1-4-29(27,28)17-7-5-14(6-8-17)18(12-25)24-21(26)16-9-15-10-22-19(13(2)3)20(15)23-11-16/h5-9,11,13,18-19,22,25H,4,10,12H2,1-3H3,(H,24,26)/t18-,19?/m0/s1. The minimum atomic E-state index is -3.29. The zero-order valence-corrected chi connectivity index (χ0v) is 17.7. The summed E-state index contributed by atoms with van der Waals surface area (Å²) in [5.74, 6) is 0.0870. The molecule has 2 atom stereocenters. The van der Waals surface area contributed by atoms with Gasteiger partial charge in [-0.3, -0.25) is 9.78 Å². The molecule has 1 aliphatic heterocycles. The van der Waals surface area contributed by atoms with Crippen molar-refractivity contribution in [2.75, 3.05) is 12.4 Å². The van der Waals surface area contributed by atoms with E-state index < -0.39 is 15.9 Å². The van der Waals surface area contributed by atoms with Gasteiger partial charge >= 0.3 is 0 Å². The molecule has 0 bridgehead atoms. The molecule has 3 N–H and O–H groups in total. The first kappa shape index (κ1) is 21.4. The van der Waals surface area contributed by atoms with Crippen LogP contribution in [0.15, 0.2) is 41.4 Å². The molecule has 8 heteroatoms. The van der Waals surface area contributed by atoms with Crippen molar-refractivity contribution < 1.29 is 18.3 Å². The SMILES string of the molecule is CCS(=O)(=O)c1ccc([C@H](CO)NC(=O)c2cnc3c(c2)CNC3C(C)C)cc1. The summed E-state index contributed by atoms with van der Waals surface area (Å²) in [6.45, 7) is 6.20. The number of hydrogen-bond donors (Lipinski definition) is 3. The molecule has 0 saturated heterocycles. The largest absolute Gasteiger partial charge is 0.394 e. The van der Waals surface area contributed by atoms with Crippen molar-refractivity contribution in [3.63, 3.8) is 0 Å². The van der Waals surface area contributed by atoms with Crippen LogP contribution in [-0.2, 0) is 16.4 Å². The smallest absolute Gasteiger partial charge is 0.253 e. The van der Waals surface area contributed by atoms with Crippen LogP contribution in [0.5, 0.6) is 0 Å². The fourth-order valence-electron chi connectivity index (χ4n) is 3.48. The van der Waals surface area contributed by atoms with Crippen LogP contribution in [0, 0.1) is 5.92 Å². The number of aliphatic hydroxyl groups excluding tert-OH is 1. The molecule has 0 fully saturated rings. The van der Waals surface area contributed by atoms with Crippen molar-refractivity contribution in [3.05, 3.63) is 58.9 Å². The number of nitrogens with zero attached hydrogens (tertiary/aromatic N) is 1. The van der Waals surface area contributed by atoms with Crippen LogP contribution in [0.1, 0.15) is 60.0 Å². The maximum absolute atomic E-state index is 12.7. The van der Waals surface area contributed by atoms with Gasteiger partial charge in [0.2, 0.25) is 0 Å². The monoisotopic (exact) mass is 417 g/mol. The number of amides is 1. The summed E-state index contributed by atoms with van der Waals surface area (Å²) in [5, 5.41) is 15.9. The van der Waals surface area contributed by atoms with Crippen molar-refractivity contribution in [1.82, 2.24) is 15.6 Å². The number of benzene rings is 1. The Morgan fingerprint density at radius 2 is 2.00 bits per heavy atom. The number of carbonyl (C=O) groups is 1. The first-order valence-corrected chi connectivity index (χ1v) is 11.4. The Morgan fingerprint density at radius 1 is 1.31 bits per heavy atom. The summed E-state index contributed by atoms with van der Waals surface area (Å²) < 4.78 is 23.9. The zero-order chi connectivity index (χ0) is 21.2. The number of carbonyl (C=O) groups excluding carboxylic acids is 1. The Morgan fingerprint density at radius 3 is 2.59 bits per heavy atom. The summed E-state index contributed by atoms with van der Waals surface area (Å²) >= 11 is 0. The average molecular weight is 418 g/mol. The van der Waals surface area contributed by atoms with Crippen LogP contribution in [0.2, 0.25) is 0 Å². The van der Waals surface area contributed by atoms with Gasteiger partial charge in [-0.2, -0.15) is 0 Å². The lowest BCUT2D eigenvalue weighted by Crippen LogP contribution is -2.31. The Balaban J connectivity index is 1.75. The highest BCUT2D eigenvalue weighted by atomic mass is 32.2. The summed E-state index contributed by atoms with van der Waals surface area (Å²) in [6, 6.07) is 7.60. The van der Waals surface area contributed by atoms with Gasteiger partial charge in [0.15, 0.2) is 9.84 Å². The Bertz CT molecular complexity index is 987. The summed E-state index contributed by atoms with van der Waals surface area (Å²) in [4.78, 5) is 17.4. The van der Waals surface area contributed by atoms with E-state index in [1.165, 1.54) is 12.1 Å². The van der Waals surface area contributed by atoms with Gasteiger partial charge in [0, 0.05) is 12.7 Å². The molecule has 0 spiro atoms. The van der Waals surface area contributed by atoms with Gasteiger partial charge in [-0.25, -0.2) is 8.42 Å². The van der Waals surface area contributed by atoms with Crippen molar-refractivity contribution in [1.29, 1.82) is 0 Å². The highest BCUT2D eigenvalue weighted by Crippen LogP contribution is 2.29. The van der Waals surface area contributed by atoms with E-state index in [4.69, 9.17) is 0 Å². The molecule has 29 heavy (non-hydrogen) atoms. The molecule has 1 unspecified atom stereocenters. The minimum Gasteiger partial charge on any atom is -0.394 e. The minimum absolute atomic E-state index is 0.0182. The number of fused-ring (bicyclic) bond motifs is 1. The second-order valence-corrected chi connectivity index (χ2v) is 9.83. The quantitative estimate of drug-likeness (QED) is 0.637. The normalized spacial score (nSPS) is 17.2. The number of rotatable bonds is 7. The molecular formula is C21H27N3O4S. The molecular weight excluding hydrogens is 390 g/mol. The summed E-state index contributed by atoms with van der Waals surface area (Å²) in [7, 11) is -3.29. The lowest BCUT2D eigenvalue weighted by atomic mass is 10.0. The van der Waals surface area contributed by atoms with E-state index >= 15 is 0 Å². The lowest BCUT2D eigenvalue weighted by molar-refractivity contribution is 0.0915. The number of pyridine rings is 1. The van der Waals surface area contributed by atoms with E-state index in [1.54, 1.807) is 25.3 Å². The predicted molar refractivity (Wildman–Crippen MR) is 110 cm³/mol. The molecule has 2 aromatic rings. The van der Waals surface area contributed by atoms with E-state index in [-0.39, 0.29) is 29.2 Å². The second kappa shape index (κ2) is 8.61. The Kier molecular flexibility index (Phi) is 6.36. The molecule has 0 saturated carbocycles. The summed E-state index contributed by atoms with van der Waals surface area (Å²) in [5.41, 5.74) is 3.04. The van der Waals surface area contributed by atoms with Crippen molar-refractivity contribution in [2.24, 2.45) is 5.92 Å². The number of aromatic nitrogens is 1. The van der Waals surface area contributed by atoms with Gasteiger partial charge in [0.05, 0.1) is 40.6 Å². The van der Waals surface area contributed by atoms with Crippen LogP contribution in [0.4, 0.5) is 0 Å². The first-order chi connectivity index (χ1) is 13.8. The van der Waals surface area contributed by atoms with Gasteiger partial charge in [-0.15, -0.1) is 0 Å². The molecule has 1 aliphatic rings. The molecule has 0 aliphatic carbocycles. The molecule has 1 amide bonds. The highest BCUT2D eigenvalue weighted by molar-refractivity contribution is 7.91. The third-order valence-corrected chi connectivity index (χ3v) is 7.00. The topological polar surface area (TPSA) is 108 Å². The van der Waals surface area contributed by atoms with Crippen LogP contribution in [0.3, 0.4) is 0 Å². The van der Waals surface area contributed by atoms with Crippen molar-refractivity contribution in [3.8, 4) is 0 Å². The number of aliphatic hydroxyl groups is 1. The molecule has 1 aromatic heterocycles. The van der Waals surface area contributed by atoms with E-state index in [2.05, 4.69) is 29.5 Å².